The van der Waals surface area contributed by atoms with Gasteiger partial charge in [-0.05, 0) is 30.7 Å². The molecule has 0 aromatic heterocycles. The van der Waals surface area contributed by atoms with Gasteiger partial charge in [-0.1, -0.05) is 29.8 Å². The molecule has 2 N–H and O–H groups in total. The number of ether oxygens (including phenoxy) is 1. The van der Waals surface area contributed by atoms with Crippen LogP contribution in [0.1, 0.15) is 26.7 Å². The number of nitrogens with one attached hydrogen (secondary N) is 1. The topological polar surface area (TPSA) is 58.6 Å². The zero-order chi connectivity index (χ0) is 14.8. The lowest BCUT2D eigenvalue weighted by atomic mass is 9.64. The van der Waals surface area contributed by atoms with Crippen molar-refractivity contribution in [3.05, 3.63) is 28.7 Å². The first-order valence-electron chi connectivity index (χ1n) is 6.75. The normalized spacial score (nSPS) is 23.8. The van der Waals surface area contributed by atoms with E-state index < -0.39 is 0 Å². The summed E-state index contributed by atoms with van der Waals surface area (Å²) < 4.78 is 6.50. The van der Waals surface area contributed by atoms with E-state index in [0.717, 1.165) is 10.2 Å². The SMILES string of the molecule is CC1(C)C(O)CC1NC(=O)CCOc1ccc(Br)cc1. The molecule has 1 saturated carbocycles. The maximum absolute atomic E-state index is 11.8. The number of halogens is 1. The Bertz CT molecular complexity index is 473. The highest BCUT2D eigenvalue weighted by Gasteiger charge is 2.47. The lowest BCUT2D eigenvalue weighted by Crippen LogP contribution is -2.61. The van der Waals surface area contributed by atoms with Crippen molar-refractivity contribution >= 4 is 21.8 Å². The number of aliphatic hydroxyl groups is 1. The summed E-state index contributed by atoms with van der Waals surface area (Å²) in [5.74, 6) is 0.715. The number of aliphatic hydroxyl groups excluding tert-OH is 1. The average molecular weight is 342 g/mol. The Morgan fingerprint density at radius 1 is 1.45 bits per heavy atom. The number of amides is 1. The fourth-order valence-corrected chi connectivity index (χ4v) is 2.47. The van der Waals surface area contributed by atoms with E-state index in [9.17, 15) is 9.90 Å². The van der Waals surface area contributed by atoms with Gasteiger partial charge in [0.05, 0.1) is 19.1 Å². The molecule has 0 saturated heterocycles. The highest BCUT2D eigenvalue weighted by molar-refractivity contribution is 9.10. The molecule has 1 aromatic rings. The van der Waals surface area contributed by atoms with Gasteiger partial charge in [0.25, 0.3) is 0 Å². The van der Waals surface area contributed by atoms with Crippen molar-refractivity contribution in [2.24, 2.45) is 5.41 Å². The lowest BCUT2D eigenvalue weighted by Gasteiger charge is -2.49. The third kappa shape index (κ3) is 3.52. The van der Waals surface area contributed by atoms with Gasteiger partial charge in [0.1, 0.15) is 5.75 Å². The largest absolute Gasteiger partial charge is 0.493 e. The van der Waals surface area contributed by atoms with Gasteiger partial charge < -0.3 is 15.2 Å². The second-order valence-electron chi connectivity index (χ2n) is 5.75. The summed E-state index contributed by atoms with van der Waals surface area (Å²) in [6.45, 7) is 4.28. The van der Waals surface area contributed by atoms with Crippen molar-refractivity contribution in [2.45, 2.75) is 38.8 Å². The first-order chi connectivity index (χ1) is 9.39. The van der Waals surface area contributed by atoms with Crippen molar-refractivity contribution in [2.75, 3.05) is 6.61 Å². The van der Waals surface area contributed by atoms with Crippen LogP contribution in [0.5, 0.6) is 5.75 Å². The van der Waals surface area contributed by atoms with Crippen LogP contribution in [-0.2, 0) is 4.79 Å². The van der Waals surface area contributed by atoms with Crippen LogP contribution in [0.15, 0.2) is 28.7 Å². The Morgan fingerprint density at radius 2 is 2.10 bits per heavy atom. The first kappa shape index (κ1) is 15.3. The Labute approximate surface area is 127 Å². The van der Waals surface area contributed by atoms with Crippen molar-refractivity contribution in [1.29, 1.82) is 0 Å². The smallest absolute Gasteiger partial charge is 0.223 e. The molecule has 20 heavy (non-hydrogen) atoms. The quantitative estimate of drug-likeness (QED) is 0.864. The number of hydrogen-bond acceptors (Lipinski definition) is 3. The Hall–Kier alpha value is -1.07. The molecule has 0 bridgehead atoms. The second-order valence-corrected chi connectivity index (χ2v) is 6.66. The van der Waals surface area contributed by atoms with Crippen molar-refractivity contribution in [1.82, 2.24) is 5.32 Å². The number of rotatable bonds is 5. The van der Waals surface area contributed by atoms with Gasteiger partial charge in [0, 0.05) is 15.9 Å². The van der Waals surface area contributed by atoms with E-state index in [-0.39, 0.29) is 23.5 Å². The van der Waals surface area contributed by atoms with Crippen LogP contribution in [0, 0.1) is 5.41 Å². The zero-order valence-electron chi connectivity index (χ0n) is 11.7. The molecule has 5 heteroatoms. The fourth-order valence-electron chi connectivity index (χ4n) is 2.21. The fraction of sp³-hybridized carbons (Fsp3) is 0.533. The molecule has 2 rings (SSSR count). The molecular weight excluding hydrogens is 322 g/mol. The van der Waals surface area contributed by atoms with Gasteiger partial charge >= 0.3 is 0 Å². The van der Waals surface area contributed by atoms with Gasteiger partial charge in [-0.25, -0.2) is 0 Å². The molecule has 2 atom stereocenters. The van der Waals surface area contributed by atoms with E-state index in [1.165, 1.54) is 0 Å². The minimum Gasteiger partial charge on any atom is -0.493 e. The van der Waals surface area contributed by atoms with E-state index >= 15 is 0 Å². The van der Waals surface area contributed by atoms with Crippen molar-refractivity contribution in [3.8, 4) is 5.75 Å². The average Bonchev–Trinajstić information content (AvgIpc) is 2.41. The predicted molar refractivity (Wildman–Crippen MR) is 80.6 cm³/mol. The number of benzene rings is 1. The second kappa shape index (κ2) is 6.14. The van der Waals surface area contributed by atoms with E-state index in [1.54, 1.807) is 0 Å². The van der Waals surface area contributed by atoms with Crippen LogP contribution < -0.4 is 10.1 Å². The van der Waals surface area contributed by atoms with Crippen LogP contribution in [0.3, 0.4) is 0 Å². The maximum Gasteiger partial charge on any atom is 0.223 e. The molecule has 2 unspecified atom stereocenters. The highest BCUT2D eigenvalue weighted by Crippen LogP contribution is 2.40. The first-order valence-corrected chi connectivity index (χ1v) is 7.54. The summed E-state index contributed by atoms with van der Waals surface area (Å²) in [4.78, 5) is 11.8. The summed E-state index contributed by atoms with van der Waals surface area (Å²) in [6.07, 6.45) is 0.622. The molecule has 1 aromatic carbocycles. The van der Waals surface area contributed by atoms with Crippen molar-refractivity contribution in [3.63, 3.8) is 0 Å². The molecule has 1 aliphatic rings. The summed E-state index contributed by atoms with van der Waals surface area (Å²) in [5, 5.41) is 12.6. The molecule has 0 aliphatic heterocycles. The molecular formula is C15H20BrNO3. The minimum absolute atomic E-state index is 0.0351. The number of carbonyl (C=O) groups is 1. The summed E-state index contributed by atoms with van der Waals surface area (Å²) in [5.41, 5.74) is -0.234. The zero-order valence-corrected chi connectivity index (χ0v) is 13.3. The van der Waals surface area contributed by atoms with Crippen LogP contribution in [0.4, 0.5) is 0 Å². The molecule has 0 heterocycles. The third-order valence-corrected chi connectivity index (χ3v) is 4.49. The van der Waals surface area contributed by atoms with Crippen LogP contribution in [0.2, 0.25) is 0 Å². The number of carbonyl (C=O) groups excluding carboxylic acids is 1. The van der Waals surface area contributed by atoms with E-state index in [1.807, 2.05) is 38.1 Å². The Kier molecular flexibility index (Phi) is 4.70. The summed E-state index contributed by atoms with van der Waals surface area (Å²) >= 11 is 3.35. The van der Waals surface area contributed by atoms with E-state index in [2.05, 4.69) is 21.2 Å². The lowest BCUT2D eigenvalue weighted by molar-refractivity contribution is -0.129. The summed E-state index contributed by atoms with van der Waals surface area (Å²) in [7, 11) is 0. The molecule has 110 valence electrons. The van der Waals surface area contributed by atoms with Gasteiger partial charge in [0.2, 0.25) is 5.91 Å². The molecule has 1 amide bonds. The molecule has 0 spiro atoms. The Balaban J connectivity index is 1.70. The van der Waals surface area contributed by atoms with E-state index in [0.29, 0.717) is 19.4 Å². The predicted octanol–water partition coefficient (Wildman–Crippen LogP) is 2.49. The standard InChI is InChI=1S/C15H20BrNO3/c1-15(2)12(9-13(15)18)17-14(19)7-8-20-11-5-3-10(16)4-6-11/h3-6,12-13,18H,7-9H2,1-2H3,(H,17,19). The van der Waals surface area contributed by atoms with Crippen LogP contribution in [-0.4, -0.2) is 29.8 Å². The van der Waals surface area contributed by atoms with Gasteiger partial charge in [-0.15, -0.1) is 0 Å². The van der Waals surface area contributed by atoms with Crippen LogP contribution >= 0.6 is 15.9 Å². The minimum atomic E-state index is -0.327. The highest BCUT2D eigenvalue weighted by atomic mass is 79.9. The Morgan fingerprint density at radius 3 is 2.65 bits per heavy atom. The summed E-state index contributed by atoms with van der Waals surface area (Å²) in [6, 6.07) is 7.56. The van der Waals surface area contributed by atoms with Gasteiger partial charge in [-0.3, -0.25) is 4.79 Å². The van der Waals surface area contributed by atoms with Crippen molar-refractivity contribution < 1.29 is 14.6 Å². The number of hydrogen-bond donors (Lipinski definition) is 2. The molecule has 4 nitrogen and oxygen atoms in total. The molecule has 0 radical (unpaired) electrons. The van der Waals surface area contributed by atoms with Gasteiger partial charge in [-0.2, -0.15) is 0 Å². The van der Waals surface area contributed by atoms with E-state index in [4.69, 9.17) is 4.74 Å². The maximum atomic E-state index is 11.8. The van der Waals surface area contributed by atoms with Crippen LogP contribution in [0.25, 0.3) is 0 Å². The molecule has 1 aliphatic carbocycles. The monoisotopic (exact) mass is 341 g/mol. The third-order valence-electron chi connectivity index (χ3n) is 3.96. The molecule has 1 fully saturated rings. The van der Waals surface area contributed by atoms with Gasteiger partial charge in [0.15, 0.2) is 0 Å².